The fourth-order valence-electron chi connectivity index (χ4n) is 1.69. The Balaban J connectivity index is 1.67. The first-order valence-corrected chi connectivity index (χ1v) is 7.27. The number of thiazole rings is 1. The van der Waals surface area contributed by atoms with Crippen LogP contribution in [0.4, 0.5) is 5.82 Å². The van der Waals surface area contributed by atoms with Crippen LogP contribution < -0.4 is 5.32 Å². The topological polar surface area (TPSA) is 50.7 Å². The Kier molecular flexibility index (Phi) is 3.90. The van der Waals surface area contributed by atoms with Crippen LogP contribution in [0.15, 0.2) is 48.2 Å². The van der Waals surface area contributed by atoms with E-state index in [4.69, 9.17) is 11.6 Å². The first-order valence-electron chi connectivity index (χ1n) is 6.01. The van der Waals surface area contributed by atoms with Crippen LogP contribution in [-0.4, -0.2) is 15.0 Å². The first kappa shape index (κ1) is 13.0. The predicted octanol–water partition coefficient (Wildman–Crippen LogP) is 3.87. The lowest BCUT2D eigenvalue weighted by molar-refractivity contribution is 1.08. The van der Waals surface area contributed by atoms with E-state index in [1.54, 1.807) is 36.0 Å². The summed E-state index contributed by atoms with van der Waals surface area (Å²) in [5.41, 5.74) is 2.05. The summed E-state index contributed by atoms with van der Waals surface area (Å²) in [4.78, 5) is 12.8. The van der Waals surface area contributed by atoms with E-state index >= 15 is 0 Å². The van der Waals surface area contributed by atoms with E-state index in [9.17, 15) is 0 Å². The van der Waals surface area contributed by atoms with Crippen molar-refractivity contribution in [3.8, 4) is 11.3 Å². The van der Waals surface area contributed by atoms with E-state index in [1.165, 1.54) is 0 Å². The lowest BCUT2D eigenvalue weighted by Gasteiger charge is -2.02. The Morgan fingerprint density at radius 2 is 2.00 bits per heavy atom. The molecule has 0 aliphatic heterocycles. The SMILES string of the molecule is Clc1ccc(NCc2nc(-c3ccncc3)cs2)nc1. The molecule has 0 atom stereocenters. The van der Waals surface area contributed by atoms with Crippen LogP contribution in [0.5, 0.6) is 0 Å². The van der Waals surface area contributed by atoms with Gasteiger partial charge in [0, 0.05) is 29.5 Å². The second-order valence-electron chi connectivity index (χ2n) is 4.08. The van der Waals surface area contributed by atoms with Crippen LogP contribution in [-0.2, 0) is 6.54 Å². The van der Waals surface area contributed by atoms with Gasteiger partial charge in [-0.1, -0.05) is 11.6 Å². The Morgan fingerprint density at radius 1 is 1.15 bits per heavy atom. The molecule has 6 heteroatoms. The van der Waals surface area contributed by atoms with Gasteiger partial charge in [0.25, 0.3) is 0 Å². The normalized spacial score (nSPS) is 10.4. The van der Waals surface area contributed by atoms with Crippen molar-refractivity contribution in [1.82, 2.24) is 15.0 Å². The molecule has 0 amide bonds. The van der Waals surface area contributed by atoms with Crippen molar-refractivity contribution in [2.75, 3.05) is 5.32 Å². The van der Waals surface area contributed by atoms with E-state index in [0.29, 0.717) is 11.6 Å². The Hall–Kier alpha value is -1.98. The van der Waals surface area contributed by atoms with Gasteiger partial charge in [-0.2, -0.15) is 0 Å². The van der Waals surface area contributed by atoms with Crippen LogP contribution in [0.25, 0.3) is 11.3 Å². The minimum Gasteiger partial charge on any atom is -0.364 e. The number of anilines is 1. The molecule has 3 rings (SSSR count). The molecule has 0 fully saturated rings. The van der Waals surface area contributed by atoms with Gasteiger partial charge in [0.2, 0.25) is 0 Å². The summed E-state index contributed by atoms with van der Waals surface area (Å²) >= 11 is 7.41. The highest BCUT2D eigenvalue weighted by atomic mass is 35.5. The van der Waals surface area contributed by atoms with Crippen LogP contribution in [0.1, 0.15) is 5.01 Å². The van der Waals surface area contributed by atoms with Gasteiger partial charge in [-0.05, 0) is 24.3 Å². The maximum atomic E-state index is 5.79. The quantitative estimate of drug-likeness (QED) is 0.795. The Labute approximate surface area is 125 Å². The van der Waals surface area contributed by atoms with E-state index < -0.39 is 0 Å². The third-order valence-electron chi connectivity index (χ3n) is 2.68. The maximum absolute atomic E-state index is 5.79. The van der Waals surface area contributed by atoms with E-state index in [-0.39, 0.29) is 0 Å². The number of hydrogen-bond donors (Lipinski definition) is 1. The van der Waals surface area contributed by atoms with Gasteiger partial charge < -0.3 is 5.32 Å². The monoisotopic (exact) mass is 302 g/mol. The summed E-state index contributed by atoms with van der Waals surface area (Å²) < 4.78 is 0. The molecule has 0 aliphatic carbocycles. The van der Waals surface area contributed by atoms with Crippen molar-refractivity contribution in [1.29, 1.82) is 0 Å². The molecule has 0 bridgehead atoms. The van der Waals surface area contributed by atoms with Gasteiger partial charge in [0.1, 0.15) is 10.8 Å². The van der Waals surface area contributed by atoms with Crippen LogP contribution in [0, 0.1) is 0 Å². The minimum atomic E-state index is 0.629. The zero-order valence-corrected chi connectivity index (χ0v) is 12.0. The lowest BCUT2D eigenvalue weighted by Crippen LogP contribution is -2.00. The van der Waals surface area contributed by atoms with Crippen LogP contribution >= 0.6 is 22.9 Å². The van der Waals surface area contributed by atoms with Gasteiger partial charge in [-0.3, -0.25) is 4.98 Å². The molecule has 0 saturated heterocycles. The molecule has 0 unspecified atom stereocenters. The number of nitrogens with zero attached hydrogens (tertiary/aromatic N) is 3. The fourth-order valence-corrected chi connectivity index (χ4v) is 2.55. The summed E-state index contributed by atoms with van der Waals surface area (Å²) in [5.74, 6) is 0.787. The average Bonchev–Trinajstić information content (AvgIpc) is 2.97. The molecule has 4 nitrogen and oxygen atoms in total. The summed E-state index contributed by atoms with van der Waals surface area (Å²) in [6.45, 7) is 0.643. The van der Waals surface area contributed by atoms with Crippen molar-refractivity contribution in [3.05, 3.63) is 58.3 Å². The molecule has 0 aromatic carbocycles. The molecule has 3 aromatic heterocycles. The average molecular weight is 303 g/mol. The third-order valence-corrected chi connectivity index (χ3v) is 3.75. The highest BCUT2D eigenvalue weighted by molar-refractivity contribution is 7.09. The molecule has 0 saturated carbocycles. The van der Waals surface area contributed by atoms with Gasteiger partial charge in [0.05, 0.1) is 17.3 Å². The Morgan fingerprint density at radius 3 is 2.75 bits per heavy atom. The second kappa shape index (κ2) is 5.98. The zero-order chi connectivity index (χ0) is 13.8. The number of aromatic nitrogens is 3. The molecule has 0 spiro atoms. The summed E-state index contributed by atoms with van der Waals surface area (Å²) in [6.07, 6.45) is 5.16. The van der Waals surface area contributed by atoms with E-state index in [0.717, 1.165) is 22.1 Å². The zero-order valence-electron chi connectivity index (χ0n) is 10.5. The maximum Gasteiger partial charge on any atom is 0.126 e. The third kappa shape index (κ3) is 3.12. The van der Waals surface area contributed by atoms with Gasteiger partial charge in [0.15, 0.2) is 0 Å². The molecule has 3 aromatic rings. The van der Waals surface area contributed by atoms with Crippen molar-refractivity contribution in [3.63, 3.8) is 0 Å². The minimum absolute atomic E-state index is 0.629. The standard InChI is InChI=1S/C14H11ClN4S/c15-11-1-2-13(17-7-11)18-8-14-19-12(9-20-14)10-3-5-16-6-4-10/h1-7,9H,8H2,(H,17,18). The summed E-state index contributed by atoms with van der Waals surface area (Å²) in [5, 5.41) is 6.90. The molecule has 3 heterocycles. The first-order chi connectivity index (χ1) is 9.81. The summed E-state index contributed by atoms with van der Waals surface area (Å²) in [6, 6.07) is 7.56. The van der Waals surface area contributed by atoms with Crippen molar-refractivity contribution in [2.24, 2.45) is 0 Å². The predicted molar refractivity (Wildman–Crippen MR) is 81.9 cm³/mol. The molecular formula is C14H11ClN4S. The van der Waals surface area contributed by atoms with Crippen LogP contribution in [0.2, 0.25) is 5.02 Å². The van der Waals surface area contributed by atoms with E-state index in [1.807, 2.05) is 23.6 Å². The molecule has 20 heavy (non-hydrogen) atoms. The largest absolute Gasteiger partial charge is 0.364 e. The number of pyridine rings is 2. The second-order valence-corrected chi connectivity index (χ2v) is 5.46. The highest BCUT2D eigenvalue weighted by Gasteiger charge is 2.04. The fraction of sp³-hybridized carbons (Fsp3) is 0.0714. The van der Waals surface area contributed by atoms with Crippen LogP contribution in [0.3, 0.4) is 0 Å². The molecule has 0 aliphatic rings. The smallest absolute Gasteiger partial charge is 0.126 e. The van der Waals surface area contributed by atoms with Gasteiger partial charge >= 0.3 is 0 Å². The number of rotatable bonds is 4. The van der Waals surface area contributed by atoms with Gasteiger partial charge in [-0.15, -0.1) is 11.3 Å². The Bertz CT molecular complexity index is 682. The molecule has 1 N–H and O–H groups in total. The molecular weight excluding hydrogens is 292 g/mol. The summed E-state index contributed by atoms with van der Waals surface area (Å²) in [7, 11) is 0. The van der Waals surface area contributed by atoms with Crippen molar-refractivity contribution < 1.29 is 0 Å². The molecule has 0 radical (unpaired) electrons. The van der Waals surface area contributed by atoms with Gasteiger partial charge in [-0.25, -0.2) is 9.97 Å². The van der Waals surface area contributed by atoms with Crippen molar-refractivity contribution in [2.45, 2.75) is 6.54 Å². The van der Waals surface area contributed by atoms with E-state index in [2.05, 4.69) is 20.3 Å². The lowest BCUT2D eigenvalue weighted by atomic mass is 10.2. The highest BCUT2D eigenvalue weighted by Crippen LogP contribution is 2.21. The van der Waals surface area contributed by atoms with Crippen molar-refractivity contribution >= 4 is 28.8 Å². The number of hydrogen-bond acceptors (Lipinski definition) is 5. The number of nitrogens with one attached hydrogen (secondary N) is 1. The molecule has 100 valence electrons. The number of halogens is 1.